The van der Waals surface area contributed by atoms with Crippen molar-refractivity contribution in [2.24, 2.45) is 0 Å². The number of aryl methyl sites for hydroxylation is 2. The lowest BCUT2D eigenvalue weighted by Crippen LogP contribution is -2.22. The van der Waals surface area contributed by atoms with Crippen LogP contribution in [0.5, 0.6) is 0 Å². The summed E-state index contributed by atoms with van der Waals surface area (Å²) < 4.78 is 13.6. The number of rotatable bonds is 6. The molecular formula is C22H20ClFN4O3. The van der Waals surface area contributed by atoms with Gasteiger partial charge in [0.05, 0.1) is 5.69 Å². The third kappa shape index (κ3) is 4.54. The number of halogens is 2. The van der Waals surface area contributed by atoms with Crippen LogP contribution in [0.4, 0.5) is 10.1 Å². The van der Waals surface area contributed by atoms with Crippen molar-refractivity contribution in [3.05, 3.63) is 69.6 Å². The zero-order valence-corrected chi connectivity index (χ0v) is 17.9. The van der Waals surface area contributed by atoms with Crippen molar-refractivity contribution in [3.63, 3.8) is 0 Å². The van der Waals surface area contributed by atoms with Crippen LogP contribution in [0.2, 0.25) is 5.02 Å². The molecule has 2 N–H and O–H groups in total. The first kappa shape index (κ1) is 22.3. The third-order valence-corrected chi connectivity index (χ3v) is 5.12. The summed E-state index contributed by atoms with van der Waals surface area (Å²) in [6, 6.07) is 6.05. The summed E-state index contributed by atoms with van der Waals surface area (Å²) in [5, 5.41) is 13.1. The molecule has 0 aliphatic heterocycles. The van der Waals surface area contributed by atoms with Gasteiger partial charge in [-0.1, -0.05) is 31.5 Å². The number of carboxylic acid groups (broad SMARTS) is 1. The molecule has 1 amide bonds. The maximum Gasteiger partial charge on any atom is 0.340 e. The van der Waals surface area contributed by atoms with E-state index in [0.29, 0.717) is 23.6 Å². The summed E-state index contributed by atoms with van der Waals surface area (Å²) in [5.74, 6) is -2.75. The molecule has 0 spiro atoms. The second kappa shape index (κ2) is 9.18. The lowest BCUT2D eigenvalue weighted by atomic mass is 10.0. The van der Waals surface area contributed by atoms with Crippen LogP contribution in [0, 0.1) is 12.9 Å². The number of nitrogens with zero attached hydrogens (tertiary/aromatic N) is 3. The fourth-order valence-corrected chi connectivity index (χ4v) is 3.63. The highest BCUT2D eigenvalue weighted by Crippen LogP contribution is 2.31. The molecule has 31 heavy (non-hydrogen) atoms. The molecule has 7 nitrogen and oxygen atoms in total. The van der Waals surface area contributed by atoms with Gasteiger partial charge in [-0.15, -0.1) is 0 Å². The van der Waals surface area contributed by atoms with Crippen LogP contribution in [0.15, 0.2) is 30.5 Å². The molecule has 2 heterocycles. The zero-order chi connectivity index (χ0) is 22.7. The third-order valence-electron chi connectivity index (χ3n) is 4.76. The molecule has 0 radical (unpaired) electrons. The van der Waals surface area contributed by atoms with E-state index in [2.05, 4.69) is 20.3 Å². The fraction of sp³-hybridized carbons (Fsp3) is 0.227. The summed E-state index contributed by atoms with van der Waals surface area (Å²) in [4.78, 5) is 37.0. The Balaban J connectivity index is 2.17. The molecule has 0 unspecified atom stereocenters. The molecule has 9 heteroatoms. The van der Waals surface area contributed by atoms with E-state index in [9.17, 15) is 19.1 Å². The molecule has 0 aliphatic carbocycles. The maximum atomic E-state index is 13.6. The van der Waals surface area contributed by atoms with Crippen molar-refractivity contribution >= 4 is 29.2 Å². The van der Waals surface area contributed by atoms with Gasteiger partial charge in [-0.05, 0) is 43.0 Å². The highest BCUT2D eigenvalue weighted by Gasteiger charge is 2.26. The topological polar surface area (TPSA) is 105 Å². The molecule has 0 bridgehead atoms. The lowest BCUT2D eigenvalue weighted by molar-refractivity contribution is 0.0692. The molecule has 0 aliphatic rings. The molecular weight excluding hydrogens is 423 g/mol. The van der Waals surface area contributed by atoms with E-state index in [1.165, 1.54) is 19.2 Å². The monoisotopic (exact) mass is 442 g/mol. The van der Waals surface area contributed by atoms with Gasteiger partial charge in [0, 0.05) is 28.5 Å². The van der Waals surface area contributed by atoms with Gasteiger partial charge in [0.2, 0.25) is 5.95 Å². The number of carboxylic acids is 1. The van der Waals surface area contributed by atoms with Gasteiger partial charge in [0.25, 0.3) is 5.91 Å². The molecule has 2 aromatic heterocycles. The average molecular weight is 443 g/mol. The van der Waals surface area contributed by atoms with E-state index in [-0.39, 0.29) is 22.8 Å². The molecule has 3 rings (SSSR count). The van der Waals surface area contributed by atoms with Crippen molar-refractivity contribution in [3.8, 4) is 11.3 Å². The summed E-state index contributed by atoms with van der Waals surface area (Å²) >= 11 is 6.30. The van der Waals surface area contributed by atoms with Crippen LogP contribution in [0.25, 0.3) is 11.3 Å². The predicted molar refractivity (Wildman–Crippen MR) is 115 cm³/mol. The largest absolute Gasteiger partial charge is 0.478 e. The molecule has 0 saturated carbocycles. The standard InChI is InChI=1S/C22H20ClFN4O3/c1-4-12-6-7-15(23)14(5-2)18(12)28-21(29)20-17(22(30)31)19(26-11(3)27-20)13-8-9-25-16(24)10-13/h6-10H,4-5H2,1-3H3,(H,28,29)(H,30,31). The number of pyridine rings is 1. The second-order valence-electron chi connectivity index (χ2n) is 6.74. The van der Waals surface area contributed by atoms with Gasteiger partial charge in [-0.25, -0.2) is 19.7 Å². The van der Waals surface area contributed by atoms with Crippen LogP contribution in [-0.4, -0.2) is 31.9 Å². The van der Waals surface area contributed by atoms with E-state index in [1.54, 1.807) is 6.07 Å². The highest BCUT2D eigenvalue weighted by molar-refractivity contribution is 6.32. The first-order chi connectivity index (χ1) is 14.8. The molecule has 160 valence electrons. The first-order valence-electron chi connectivity index (χ1n) is 9.62. The summed E-state index contributed by atoms with van der Waals surface area (Å²) in [6.07, 6.45) is 2.40. The maximum absolute atomic E-state index is 13.6. The number of anilines is 1. The quantitative estimate of drug-likeness (QED) is 0.535. The highest BCUT2D eigenvalue weighted by atomic mass is 35.5. The van der Waals surface area contributed by atoms with Crippen molar-refractivity contribution in [1.82, 2.24) is 15.0 Å². The Bertz CT molecular complexity index is 1180. The minimum absolute atomic E-state index is 0.0658. The van der Waals surface area contributed by atoms with Gasteiger partial charge in [0.1, 0.15) is 17.1 Å². The SMILES string of the molecule is CCc1ccc(Cl)c(CC)c1NC(=O)c1nc(C)nc(-c2ccnc(F)c2)c1C(=O)O. The minimum atomic E-state index is -1.41. The van der Waals surface area contributed by atoms with Gasteiger partial charge < -0.3 is 10.4 Å². The normalized spacial score (nSPS) is 10.7. The number of amides is 1. The molecule has 3 aromatic rings. The number of hydrogen-bond donors (Lipinski definition) is 2. The van der Waals surface area contributed by atoms with Crippen molar-refractivity contribution in [2.75, 3.05) is 5.32 Å². The van der Waals surface area contributed by atoms with Crippen molar-refractivity contribution in [1.29, 1.82) is 0 Å². The van der Waals surface area contributed by atoms with E-state index < -0.39 is 23.4 Å². The Hall–Kier alpha value is -3.39. The number of aromatic carboxylic acids is 1. The van der Waals surface area contributed by atoms with Gasteiger partial charge >= 0.3 is 5.97 Å². The van der Waals surface area contributed by atoms with Crippen molar-refractivity contribution < 1.29 is 19.1 Å². The Morgan fingerprint density at radius 3 is 2.52 bits per heavy atom. The predicted octanol–water partition coefficient (Wildman–Crippen LogP) is 4.71. The van der Waals surface area contributed by atoms with Crippen LogP contribution in [-0.2, 0) is 12.8 Å². The first-order valence-corrected chi connectivity index (χ1v) is 10.00. The number of benzene rings is 1. The van der Waals surface area contributed by atoms with Gasteiger partial charge in [0.15, 0.2) is 0 Å². The summed E-state index contributed by atoms with van der Waals surface area (Å²) in [6.45, 7) is 5.37. The molecule has 1 aromatic carbocycles. The summed E-state index contributed by atoms with van der Waals surface area (Å²) in [7, 11) is 0. The second-order valence-corrected chi connectivity index (χ2v) is 7.14. The van der Waals surface area contributed by atoms with Gasteiger partial charge in [-0.3, -0.25) is 4.79 Å². The van der Waals surface area contributed by atoms with Crippen molar-refractivity contribution in [2.45, 2.75) is 33.6 Å². The smallest absolute Gasteiger partial charge is 0.340 e. The van der Waals surface area contributed by atoms with E-state index in [0.717, 1.165) is 17.2 Å². The molecule has 0 atom stereocenters. The minimum Gasteiger partial charge on any atom is -0.478 e. The number of hydrogen-bond acceptors (Lipinski definition) is 5. The number of aromatic nitrogens is 3. The van der Waals surface area contributed by atoms with E-state index in [1.807, 2.05) is 19.9 Å². The van der Waals surface area contributed by atoms with Crippen LogP contribution in [0.1, 0.15) is 51.6 Å². The van der Waals surface area contributed by atoms with E-state index >= 15 is 0 Å². The number of carbonyl (C=O) groups is 2. The Labute approximate surface area is 183 Å². The Kier molecular flexibility index (Phi) is 6.60. The Morgan fingerprint density at radius 2 is 1.90 bits per heavy atom. The Morgan fingerprint density at radius 1 is 1.16 bits per heavy atom. The van der Waals surface area contributed by atoms with E-state index in [4.69, 9.17) is 11.6 Å². The number of nitrogens with one attached hydrogen (secondary N) is 1. The molecule has 0 fully saturated rings. The van der Waals surface area contributed by atoms with Crippen LogP contribution >= 0.6 is 11.6 Å². The summed E-state index contributed by atoms with van der Waals surface area (Å²) in [5.41, 5.74) is 1.50. The number of carbonyl (C=O) groups excluding carboxylic acids is 1. The lowest BCUT2D eigenvalue weighted by Gasteiger charge is -2.17. The van der Waals surface area contributed by atoms with Crippen LogP contribution in [0.3, 0.4) is 0 Å². The zero-order valence-electron chi connectivity index (χ0n) is 17.2. The van der Waals surface area contributed by atoms with Crippen LogP contribution < -0.4 is 5.32 Å². The molecule has 0 saturated heterocycles. The van der Waals surface area contributed by atoms with Gasteiger partial charge in [-0.2, -0.15) is 4.39 Å². The fourth-order valence-electron chi connectivity index (χ4n) is 3.34. The average Bonchev–Trinajstić information content (AvgIpc) is 2.73.